The van der Waals surface area contributed by atoms with Crippen molar-refractivity contribution in [1.29, 1.82) is 0 Å². The summed E-state index contributed by atoms with van der Waals surface area (Å²) in [6, 6.07) is 0.308. The second-order valence-electron chi connectivity index (χ2n) is 3.49. The van der Waals surface area contributed by atoms with E-state index in [1.807, 2.05) is 0 Å². The molecule has 0 saturated carbocycles. The van der Waals surface area contributed by atoms with Gasteiger partial charge in [0, 0.05) is 10.7 Å². The number of halogens is 4. The summed E-state index contributed by atoms with van der Waals surface area (Å²) >= 11 is 3.10. The van der Waals surface area contributed by atoms with Crippen LogP contribution in [-0.4, -0.2) is 23.3 Å². The number of rotatable bonds is 4. The molecule has 1 heterocycles. The van der Waals surface area contributed by atoms with Gasteiger partial charge in [-0.15, -0.1) is 0 Å². The monoisotopic (exact) mass is 312 g/mol. The molecule has 3 nitrogen and oxygen atoms in total. The zero-order valence-corrected chi connectivity index (χ0v) is 10.6. The molecule has 17 heavy (non-hydrogen) atoms. The normalized spacial score (nSPS) is 15.4. The average Bonchev–Trinajstić information content (AvgIpc) is 2.23. The zero-order chi connectivity index (χ0) is 13.1. The highest BCUT2D eigenvalue weighted by atomic mass is 79.9. The molecule has 0 fully saturated rings. The van der Waals surface area contributed by atoms with Crippen LogP contribution in [0, 0.1) is 0 Å². The Morgan fingerprint density at radius 1 is 1.47 bits per heavy atom. The third-order valence-corrected chi connectivity index (χ3v) is 2.56. The fourth-order valence-corrected chi connectivity index (χ4v) is 1.56. The SMILES string of the molecule is CCC(N)C(Oc1cncc(Br)c1)C(F)(F)F. The first-order chi connectivity index (χ1) is 7.84. The summed E-state index contributed by atoms with van der Waals surface area (Å²) in [4.78, 5) is 3.72. The maximum absolute atomic E-state index is 12.7. The molecule has 96 valence electrons. The fraction of sp³-hybridized carbons (Fsp3) is 0.500. The van der Waals surface area contributed by atoms with E-state index in [9.17, 15) is 13.2 Å². The maximum atomic E-state index is 12.7. The molecule has 2 N–H and O–H groups in total. The molecule has 0 aliphatic heterocycles. The van der Waals surface area contributed by atoms with Crippen LogP contribution in [-0.2, 0) is 0 Å². The van der Waals surface area contributed by atoms with E-state index in [-0.39, 0.29) is 12.2 Å². The van der Waals surface area contributed by atoms with Crippen molar-refractivity contribution in [3.63, 3.8) is 0 Å². The van der Waals surface area contributed by atoms with E-state index < -0.39 is 18.3 Å². The van der Waals surface area contributed by atoms with E-state index in [1.165, 1.54) is 18.5 Å². The number of nitrogens with zero attached hydrogens (tertiary/aromatic N) is 1. The standard InChI is InChI=1S/C10H12BrF3N2O/c1-2-8(15)9(10(12,13)14)17-7-3-6(11)4-16-5-7/h3-5,8-9H,2,15H2,1H3. The van der Waals surface area contributed by atoms with Gasteiger partial charge in [-0.3, -0.25) is 4.98 Å². The van der Waals surface area contributed by atoms with Gasteiger partial charge in [-0.2, -0.15) is 13.2 Å². The number of pyridine rings is 1. The van der Waals surface area contributed by atoms with E-state index in [0.717, 1.165) is 0 Å². The summed E-state index contributed by atoms with van der Waals surface area (Å²) in [5.74, 6) is 0.0330. The van der Waals surface area contributed by atoms with Crippen LogP contribution in [0.25, 0.3) is 0 Å². The summed E-state index contributed by atoms with van der Waals surface area (Å²) < 4.78 is 43.5. The number of hydrogen-bond donors (Lipinski definition) is 1. The molecule has 1 aromatic heterocycles. The van der Waals surface area contributed by atoms with Crippen LogP contribution in [0.1, 0.15) is 13.3 Å². The van der Waals surface area contributed by atoms with Gasteiger partial charge in [0.15, 0.2) is 0 Å². The van der Waals surface area contributed by atoms with Gasteiger partial charge in [0.2, 0.25) is 6.10 Å². The van der Waals surface area contributed by atoms with Crippen LogP contribution in [0.2, 0.25) is 0 Å². The van der Waals surface area contributed by atoms with Crippen molar-refractivity contribution >= 4 is 15.9 Å². The van der Waals surface area contributed by atoms with Gasteiger partial charge >= 0.3 is 6.18 Å². The van der Waals surface area contributed by atoms with Crippen LogP contribution in [0.3, 0.4) is 0 Å². The predicted octanol–water partition coefficient (Wildman–Crippen LogP) is 2.89. The van der Waals surface area contributed by atoms with Crippen LogP contribution in [0.4, 0.5) is 13.2 Å². The molecule has 1 rings (SSSR count). The van der Waals surface area contributed by atoms with E-state index >= 15 is 0 Å². The Labute approximate surface area is 105 Å². The molecule has 0 aliphatic rings. The Balaban J connectivity index is 2.87. The molecule has 1 aromatic rings. The second-order valence-corrected chi connectivity index (χ2v) is 4.41. The lowest BCUT2D eigenvalue weighted by Gasteiger charge is -2.26. The molecule has 0 saturated heterocycles. The first-order valence-electron chi connectivity index (χ1n) is 4.94. The zero-order valence-electron chi connectivity index (χ0n) is 9.04. The predicted molar refractivity (Wildman–Crippen MR) is 60.7 cm³/mol. The Bertz CT molecular complexity index is 373. The van der Waals surface area contributed by atoms with Crippen LogP contribution < -0.4 is 10.5 Å². The molecule has 2 atom stereocenters. The number of hydrogen-bond acceptors (Lipinski definition) is 3. The van der Waals surface area contributed by atoms with Crippen molar-refractivity contribution < 1.29 is 17.9 Å². The Hall–Kier alpha value is -0.820. The number of nitrogens with two attached hydrogens (primary N) is 1. The lowest BCUT2D eigenvalue weighted by atomic mass is 10.1. The van der Waals surface area contributed by atoms with E-state index in [4.69, 9.17) is 10.5 Å². The van der Waals surface area contributed by atoms with Gasteiger partial charge in [0.05, 0.1) is 12.2 Å². The smallest absolute Gasteiger partial charge is 0.426 e. The lowest BCUT2D eigenvalue weighted by molar-refractivity contribution is -0.200. The van der Waals surface area contributed by atoms with Gasteiger partial charge in [0.1, 0.15) is 5.75 Å². The van der Waals surface area contributed by atoms with Gasteiger partial charge in [-0.25, -0.2) is 0 Å². The highest BCUT2D eigenvalue weighted by Crippen LogP contribution is 2.28. The molecular formula is C10H12BrF3N2O. The topological polar surface area (TPSA) is 48.1 Å². The van der Waals surface area contributed by atoms with E-state index in [1.54, 1.807) is 6.92 Å². The van der Waals surface area contributed by atoms with Crippen LogP contribution >= 0.6 is 15.9 Å². The van der Waals surface area contributed by atoms with Crippen LogP contribution in [0.15, 0.2) is 22.9 Å². The average molecular weight is 313 g/mol. The van der Waals surface area contributed by atoms with Crippen molar-refractivity contribution in [2.75, 3.05) is 0 Å². The molecule has 0 aromatic carbocycles. The first kappa shape index (κ1) is 14.2. The molecule has 7 heteroatoms. The van der Waals surface area contributed by atoms with Crippen molar-refractivity contribution in [2.24, 2.45) is 5.73 Å². The minimum Gasteiger partial charge on any atom is -0.478 e. The van der Waals surface area contributed by atoms with E-state index in [2.05, 4.69) is 20.9 Å². The molecule has 0 amide bonds. The summed E-state index contributed by atoms with van der Waals surface area (Å²) in [5.41, 5.74) is 5.41. The summed E-state index contributed by atoms with van der Waals surface area (Å²) in [7, 11) is 0. The van der Waals surface area contributed by atoms with Crippen molar-refractivity contribution in [1.82, 2.24) is 4.98 Å². The highest BCUT2D eigenvalue weighted by molar-refractivity contribution is 9.10. The van der Waals surface area contributed by atoms with Gasteiger partial charge < -0.3 is 10.5 Å². The lowest BCUT2D eigenvalue weighted by Crippen LogP contribution is -2.48. The van der Waals surface area contributed by atoms with Gasteiger partial charge in [-0.1, -0.05) is 6.92 Å². The largest absolute Gasteiger partial charge is 0.478 e. The highest BCUT2D eigenvalue weighted by Gasteiger charge is 2.45. The Morgan fingerprint density at radius 2 is 2.12 bits per heavy atom. The number of aromatic nitrogens is 1. The van der Waals surface area contributed by atoms with Crippen LogP contribution in [0.5, 0.6) is 5.75 Å². The Morgan fingerprint density at radius 3 is 2.59 bits per heavy atom. The fourth-order valence-electron chi connectivity index (χ4n) is 1.21. The quantitative estimate of drug-likeness (QED) is 0.930. The van der Waals surface area contributed by atoms with Gasteiger partial charge in [0.25, 0.3) is 0 Å². The molecule has 0 bridgehead atoms. The molecule has 0 radical (unpaired) electrons. The maximum Gasteiger partial charge on any atom is 0.426 e. The summed E-state index contributed by atoms with van der Waals surface area (Å²) in [6.07, 6.45) is -3.69. The molecule has 0 spiro atoms. The van der Waals surface area contributed by atoms with Crippen molar-refractivity contribution in [3.8, 4) is 5.75 Å². The van der Waals surface area contributed by atoms with Gasteiger partial charge in [-0.05, 0) is 28.4 Å². The molecule has 0 aliphatic carbocycles. The first-order valence-corrected chi connectivity index (χ1v) is 5.73. The number of ether oxygens (including phenoxy) is 1. The number of alkyl halides is 3. The summed E-state index contributed by atoms with van der Waals surface area (Å²) in [6.45, 7) is 1.58. The van der Waals surface area contributed by atoms with E-state index in [0.29, 0.717) is 4.47 Å². The molecule has 2 unspecified atom stereocenters. The minimum absolute atomic E-state index is 0.0330. The van der Waals surface area contributed by atoms with Crippen molar-refractivity contribution in [2.45, 2.75) is 31.7 Å². The van der Waals surface area contributed by atoms with Crippen molar-refractivity contribution in [3.05, 3.63) is 22.9 Å². The third kappa shape index (κ3) is 4.16. The third-order valence-electron chi connectivity index (χ3n) is 2.13. The Kier molecular flexibility index (Phi) is 4.76. The minimum atomic E-state index is -4.50. The molecular weight excluding hydrogens is 301 g/mol. The second kappa shape index (κ2) is 5.68. The summed E-state index contributed by atoms with van der Waals surface area (Å²) in [5, 5.41) is 0.